The van der Waals surface area contributed by atoms with Crippen LogP contribution >= 0.6 is 22.9 Å². The number of anilines is 1. The van der Waals surface area contributed by atoms with Gasteiger partial charge >= 0.3 is 5.97 Å². The Hall–Kier alpha value is -2.08. The van der Waals surface area contributed by atoms with Crippen LogP contribution < -0.4 is 4.72 Å². The Morgan fingerprint density at radius 1 is 1.38 bits per heavy atom. The molecule has 0 spiro atoms. The molecule has 2 rings (SSSR count). The monoisotopic (exact) mass is 342 g/mol. The van der Waals surface area contributed by atoms with Crippen molar-refractivity contribution in [2.45, 2.75) is 4.90 Å². The highest BCUT2D eigenvalue weighted by Gasteiger charge is 2.24. The number of carboxylic acids is 1. The molecule has 0 aliphatic heterocycles. The number of rotatable bonds is 4. The second kappa shape index (κ2) is 5.73. The number of hydrogen-bond acceptors (Lipinski definition) is 5. The molecule has 0 aliphatic rings. The number of hydrogen-bond donors (Lipinski definition) is 2. The number of benzene rings is 1. The van der Waals surface area contributed by atoms with Gasteiger partial charge in [-0.1, -0.05) is 11.6 Å². The van der Waals surface area contributed by atoms with Crippen LogP contribution in [-0.4, -0.2) is 19.5 Å². The molecule has 0 bridgehead atoms. The van der Waals surface area contributed by atoms with Gasteiger partial charge in [0.05, 0.1) is 22.3 Å². The van der Waals surface area contributed by atoms with Crippen LogP contribution in [0.25, 0.3) is 0 Å². The number of nitriles is 1. The zero-order chi connectivity index (χ0) is 15.6. The summed E-state index contributed by atoms with van der Waals surface area (Å²) >= 11 is 6.68. The largest absolute Gasteiger partial charge is 0.477 e. The third kappa shape index (κ3) is 3.16. The van der Waals surface area contributed by atoms with E-state index in [0.717, 1.165) is 11.3 Å². The van der Waals surface area contributed by atoms with Crippen LogP contribution in [0.3, 0.4) is 0 Å². The third-order valence-electron chi connectivity index (χ3n) is 2.45. The summed E-state index contributed by atoms with van der Waals surface area (Å²) in [6.45, 7) is 0. The van der Waals surface area contributed by atoms with Gasteiger partial charge in [-0.15, -0.1) is 11.3 Å². The molecule has 9 heteroatoms. The molecule has 2 aromatic rings. The minimum Gasteiger partial charge on any atom is -0.477 e. The zero-order valence-corrected chi connectivity index (χ0v) is 12.6. The van der Waals surface area contributed by atoms with Crippen LogP contribution in [0.4, 0.5) is 5.69 Å². The van der Waals surface area contributed by atoms with E-state index in [0.29, 0.717) is 0 Å². The minimum absolute atomic E-state index is 0.0123. The van der Waals surface area contributed by atoms with Crippen molar-refractivity contribution in [1.29, 1.82) is 5.26 Å². The van der Waals surface area contributed by atoms with E-state index in [4.69, 9.17) is 22.0 Å². The van der Waals surface area contributed by atoms with Crippen LogP contribution in [0.15, 0.2) is 34.5 Å². The predicted octanol–water partition coefficient (Wildman–Crippen LogP) is 2.77. The summed E-state index contributed by atoms with van der Waals surface area (Å²) in [5, 5.41) is 19.2. The summed E-state index contributed by atoms with van der Waals surface area (Å²) in [6.07, 6.45) is 0. The number of nitrogens with zero attached hydrogens (tertiary/aromatic N) is 1. The van der Waals surface area contributed by atoms with Crippen molar-refractivity contribution in [2.24, 2.45) is 0 Å². The molecule has 0 unspecified atom stereocenters. The zero-order valence-electron chi connectivity index (χ0n) is 10.2. The molecule has 1 aromatic carbocycles. The third-order valence-corrected chi connectivity index (χ3v) is 5.22. The average Bonchev–Trinajstić information content (AvgIpc) is 2.91. The highest BCUT2D eigenvalue weighted by atomic mass is 35.5. The standard InChI is InChI=1S/C12H7ClN2O4S2/c13-8-2-1-7(6-14)5-9(8)15-21(18,19)10-3-4-20-11(10)12(16)17/h1-5,15H,(H,16,17). The first-order chi connectivity index (χ1) is 9.85. The molecule has 0 aliphatic carbocycles. The lowest BCUT2D eigenvalue weighted by Crippen LogP contribution is -2.15. The van der Waals surface area contributed by atoms with Gasteiger partial charge in [0, 0.05) is 0 Å². The molecule has 1 heterocycles. The molecule has 0 saturated heterocycles. The summed E-state index contributed by atoms with van der Waals surface area (Å²) in [6, 6.07) is 7.14. The molecule has 0 saturated carbocycles. The summed E-state index contributed by atoms with van der Waals surface area (Å²) in [4.78, 5) is 10.4. The molecular weight excluding hydrogens is 336 g/mol. The lowest BCUT2D eigenvalue weighted by molar-refractivity contribution is 0.0698. The normalized spacial score (nSPS) is 10.9. The molecule has 1 aromatic heterocycles. The first-order valence-electron chi connectivity index (χ1n) is 5.38. The summed E-state index contributed by atoms with van der Waals surface area (Å²) in [7, 11) is -4.11. The Balaban J connectivity index is 2.45. The Morgan fingerprint density at radius 3 is 2.71 bits per heavy atom. The van der Waals surface area contributed by atoms with E-state index < -0.39 is 16.0 Å². The van der Waals surface area contributed by atoms with Gasteiger partial charge in [0.2, 0.25) is 0 Å². The van der Waals surface area contributed by atoms with E-state index in [1.165, 1.54) is 29.6 Å². The van der Waals surface area contributed by atoms with Gasteiger partial charge in [-0.2, -0.15) is 5.26 Å². The molecule has 21 heavy (non-hydrogen) atoms. The highest BCUT2D eigenvalue weighted by Crippen LogP contribution is 2.28. The van der Waals surface area contributed by atoms with E-state index in [2.05, 4.69) is 4.72 Å². The maximum atomic E-state index is 12.2. The number of sulfonamides is 1. The van der Waals surface area contributed by atoms with Crippen LogP contribution in [0, 0.1) is 11.3 Å². The summed E-state index contributed by atoms with van der Waals surface area (Å²) < 4.78 is 26.7. The predicted molar refractivity (Wildman–Crippen MR) is 78.3 cm³/mol. The lowest BCUT2D eigenvalue weighted by atomic mass is 10.2. The molecule has 0 fully saturated rings. The maximum Gasteiger partial charge on any atom is 0.347 e. The van der Waals surface area contributed by atoms with Crippen molar-refractivity contribution < 1.29 is 18.3 Å². The smallest absolute Gasteiger partial charge is 0.347 e. The summed E-state index contributed by atoms with van der Waals surface area (Å²) in [5.74, 6) is -1.33. The van der Waals surface area contributed by atoms with Crippen molar-refractivity contribution in [2.75, 3.05) is 4.72 Å². The van der Waals surface area contributed by atoms with Gasteiger partial charge in [-0.3, -0.25) is 4.72 Å². The molecular formula is C12H7ClN2O4S2. The maximum absolute atomic E-state index is 12.2. The van der Waals surface area contributed by atoms with Gasteiger partial charge in [0.25, 0.3) is 10.0 Å². The van der Waals surface area contributed by atoms with E-state index in [1.807, 2.05) is 6.07 Å². The quantitative estimate of drug-likeness (QED) is 0.888. The number of carbonyl (C=O) groups is 1. The number of thiophene rings is 1. The Morgan fingerprint density at radius 2 is 2.10 bits per heavy atom. The SMILES string of the molecule is N#Cc1ccc(Cl)c(NS(=O)(=O)c2ccsc2C(=O)O)c1. The topological polar surface area (TPSA) is 107 Å². The van der Waals surface area contributed by atoms with Crippen LogP contribution in [0.1, 0.15) is 15.2 Å². The van der Waals surface area contributed by atoms with E-state index in [9.17, 15) is 13.2 Å². The Kier molecular flexibility index (Phi) is 4.18. The van der Waals surface area contributed by atoms with Gasteiger partial charge in [-0.05, 0) is 29.6 Å². The van der Waals surface area contributed by atoms with E-state index in [-0.39, 0.29) is 26.0 Å². The van der Waals surface area contributed by atoms with Crippen molar-refractivity contribution in [3.05, 3.63) is 45.1 Å². The van der Waals surface area contributed by atoms with Crippen molar-refractivity contribution in [3.8, 4) is 6.07 Å². The first kappa shape index (κ1) is 15.3. The van der Waals surface area contributed by atoms with Gasteiger partial charge in [0.15, 0.2) is 0 Å². The van der Waals surface area contributed by atoms with Gasteiger partial charge < -0.3 is 5.11 Å². The number of carboxylic acid groups (broad SMARTS) is 1. The van der Waals surface area contributed by atoms with Crippen LogP contribution in [0.5, 0.6) is 0 Å². The Bertz CT molecular complexity index is 852. The van der Waals surface area contributed by atoms with Gasteiger partial charge in [-0.25, -0.2) is 13.2 Å². The van der Waals surface area contributed by atoms with Crippen molar-refractivity contribution >= 4 is 44.6 Å². The first-order valence-corrected chi connectivity index (χ1v) is 8.12. The van der Waals surface area contributed by atoms with Crippen molar-refractivity contribution in [3.63, 3.8) is 0 Å². The van der Waals surface area contributed by atoms with Gasteiger partial charge in [0.1, 0.15) is 9.77 Å². The number of aromatic carboxylic acids is 1. The average molecular weight is 343 g/mol. The molecule has 2 N–H and O–H groups in total. The van der Waals surface area contributed by atoms with Crippen LogP contribution in [-0.2, 0) is 10.0 Å². The van der Waals surface area contributed by atoms with Crippen LogP contribution in [0.2, 0.25) is 5.02 Å². The second-order valence-corrected chi connectivity index (χ2v) is 6.81. The Labute approximate surface area is 129 Å². The number of nitrogens with one attached hydrogen (secondary N) is 1. The molecule has 0 amide bonds. The summed E-state index contributed by atoms with van der Waals surface area (Å²) in [5.41, 5.74) is 0.235. The highest BCUT2D eigenvalue weighted by molar-refractivity contribution is 7.93. The minimum atomic E-state index is -4.11. The molecule has 6 nitrogen and oxygen atoms in total. The fourth-order valence-electron chi connectivity index (χ4n) is 1.54. The second-order valence-electron chi connectivity index (χ2n) is 3.83. The molecule has 108 valence electrons. The fourth-order valence-corrected chi connectivity index (χ4v) is 4.09. The molecule has 0 radical (unpaired) electrons. The molecule has 0 atom stereocenters. The lowest BCUT2D eigenvalue weighted by Gasteiger charge is -2.09. The number of halogens is 1. The van der Waals surface area contributed by atoms with E-state index in [1.54, 1.807) is 0 Å². The fraction of sp³-hybridized carbons (Fsp3) is 0. The van der Waals surface area contributed by atoms with E-state index >= 15 is 0 Å². The van der Waals surface area contributed by atoms with Crippen molar-refractivity contribution in [1.82, 2.24) is 0 Å².